The summed E-state index contributed by atoms with van der Waals surface area (Å²) in [5.74, 6) is -0.472. The van der Waals surface area contributed by atoms with Crippen molar-refractivity contribution in [3.8, 4) is 0 Å². The summed E-state index contributed by atoms with van der Waals surface area (Å²) in [5.41, 5.74) is 0. The Morgan fingerprint density at radius 1 is 0.483 bits per heavy atom. The molecule has 3 unspecified atom stereocenters. The predicted octanol–water partition coefficient (Wildman–Crippen LogP) is 15.3. The largest absolute Gasteiger partial charge is 0.462 e. The van der Waals surface area contributed by atoms with Gasteiger partial charge in [-0.3, -0.25) is 9.59 Å². The normalized spacial score (nSPS) is 13.3. The van der Waals surface area contributed by atoms with Gasteiger partial charge in [-0.15, -0.1) is 0 Å². The van der Waals surface area contributed by atoms with E-state index in [4.69, 9.17) is 4.74 Å². The number of hydrogen-bond donors (Lipinski definition) is 3. The van der Waals surface area contributed by atoms with Gasteiger partial charge in [0, 0.05) is 6.42 Å². The van der Waals surface area contributed by atoms with Gasteiger partial charge in [-0.25, -0.2) is 0 Å². The average Bonchev–Trinajstić information content (AvgIpc) is 3.22. The lowest BCUT2D eigenvalue weighted by Crippen LogP contribution is -2.46. The number of nitrogens with one attached hydrogen (secondary N) is 1. The minimum atomic E-state index is -0.784. The highest BCUT2D eigenvalue weighted by molar-refractivity contribution is 5.77. The molecular weight excluding hydrogens is 719 g/mol. The van der Waals surface area contributed by atoms with Crippen molar-refractivity contribution >= 4 is 11.9 Å². The zero-order chi connectivity index (χ0) is 42.4. The third-order valence-corrected chi connectivity index (χ3v) is 12.1. The number of carbonyl (C=O) groups excluding carboxylic acids is 2. The maximum absolute atomic E-state index is 13.2. The van der Waals surface area contributed by atoms with Gasteiger partial charge in [-0.1, -0.05) is 232 Å². The first-order valence-corrected chi connectivity index (χ1v) is 25.9. The molecule has 0 fully saturated rings. The number of aliphatic hydroxyl groups is 2. The molecular formula is C52H101NO5. The Morgan fingerprint density at radius 3 is 1.24 bits per heavy atom. The second-order valence-electron chi connectivity index (χ2n) is 17.9. The summed E-state index contributed by atoms with van der Waals surface area (Å²) in [6.45, 7) is 6.48. The number of unbranched alkanes of at least 4 members (excludes halogenated alkanes) is 33. The van der Waals surface area contributed by atoms with Crippen LogP contribution < -0.4 is 5.32 Å². The summed E-state index contributed by atoms with van der Waals surface area (Å²) in [5, 5.41) is 23.7. The van der Waals surface area contributed by atoms with Gasteiger partial charge in [0.25, 0.3) is 0 Å². The van der Waals surface area contributed by atoms with Crippen LogP contribution in [0, 0.1) is 0 Å². The molecule has 0 aliphatic carbocycles. The first kappa shape index (κ1) is 56.6. The zero-order valence-electron chi connectivity index (χ0n) is 39.2. The fourth-order valence-corrected chi connectivity index (χ4v) is 8.13. The SMILES string of the molecule is CCCCCCCCC/C=C/CCCCCC(CC(=O)NC(CO)C(O)CCCCCCCCCCCC)OC(=O)CCCCCCCCCCCCCCCCC. The Bertz CT molecular complexity index is 878. The Morgan fingerprint density at radius 2 is 0.828 bits per heavy atom. The number of rotatable bonds is 47. The Kier molecular flexibility index (Phi) is 45.5. The van der Waals surface area contributed by atoms with Crippen LogP contribution in [-0.2, 0) is 14.3 Å². The van der Waals surface area contributed by atoms with Crippen LogP contribution in [0.3, 0.4) is 0 Å². The van der Waals surface area contributed by atoms with E-state index in [0.29, 0.717) is 19.3 Å². The van der Waals surface area contributed by atoms with Crippen molar-refractivity contribution in [2.24, 2.45) is 0 Å². The molecule has 3 N–H and O–H groups in total. The lowest BCUT2D eigenvalue weighted by molar-refractivity contribution is -0.151. The minimum absolute atomic E-state index is 0.0738. The summed E-state index contributed by atoms with van der Waals surface area (Å²) >= 11 is 0. The molecule has 0 bridgehead atoms. The van der Waals surface area contributed by atoms with Crippen LogP contribution in [0.4, 0.5) is 0 Å². The van der Waals surface area contributed by atoms with Crippen molar-refractivity contribution in [2.75, 3.05) is 6.61 Å². The summed E-state index contributed by atoms with van der Waals surface area (Å²) in [6.07, 6.45) is 51.3. The number of esters is 1. The zero-order valence-corrected chi connectivity index (χ0v) is 39.2. The molecule has 0 saturated carbocycles. The Hall–Kier alpha value is -1.40. The number of allylic oxidation sites excluding steroid dienone is 2. The lowest BCUT2D eigenvalue weighted by atomic mass is 10.0. The summed E-state index contributed by atoms with van der Waals surface area (Å²) < 4.78 is 5.93. The van der Waals surface area contributed by atoms with Crippen molar-refractivity contribution in [2.45, 2.75) is 302 Å². The van der Waals surface area contributed by atoms with E-state index >= 15 is 0 Å². The molecule has 0 rings (SSSR count). The van der Waals surface area contributed by atoms with E-state index in [1.165, 1.54) is 180 Å². The van der Waals surface area contributed by atoms with Crippen LogP contribution in [0.1, 0.15) is 284 Å². The van der Waals surface area contributed by atoms with Gasteiger partial charge in [-0.05, 0) is 51.4 Å². The van der Waals surface area contributed by atoms with Crippen LogP contribution in [0.15, 0.2) is 12.2 Å². The van der Waals surface area contributed by atoms with Gasteiger partial charge in [0.1, 0.15) is 6.10 Å². The van der Waals surface area contributed by atoms with E-state index < -0.39 is 18.2 Å². The van der Waals surface area contributed by atoms with Gasteiger partial charge >= 0.3 is 5.97 Å². The van der Waals surface area contributed by atoms with Gasteiger partial charge in [0.2, 0.25) is 5.91 Å². The van der Waals surface area contributed by atoms with Crippen LogP contribution in [0.2, 0.25) is 0 Å². The van der Waals surface area contributed by atoms with E-state index in [-0.39, 0.29) is 24.9 Å². The molecule has 6 heteroatoms. The number of hydrogen-bond acceptors (Lipinski definition) is 5. The third kappa shape index (κ3) is 41.3. The van der Waals surface area contributed by atoms with Crippen molar-refractivity contribution < 1.29 is 24.5 Å². The topological polar surface area (TPSA) is 95.9 Å². The molecule has 0 heterocycles. The van der Waals surface area contributed by atoms with Crippen LogP contribution in [0.5, 0.6) is 0 Å². The van der Waals surface area contributed by atoms with Crippen LogP contribution in [0.25, 0.3) is 0 Å². The summed E-state index contributed by atoms with van der Waals surface area (Å²) in [4.78, 5) is 26.1. The lowest BCUT2D eigenvalue weighted by Gasteiger charge is -2.24. The maximum atomic E-state index is 13.2. The van der Waals surface area contributed by atoms with Crippen LogP contribution in [-0.4, -0.2) is 46.9 Å². The number of amides is 1. The quantitative estimate of drug-likeness (QED) is 0.0323. The molecule has 0 radical (unpaired) electrons. The third-order valence-electron chi connectivity index (χ3n) is 12.1. The highest BCUT2D eigenvalue weighted by Crippen LogP contribution is 2.18. The molecule has 0 aromatic heterocycles. The molecule has 0 aliphatic rings. The molecule has 3 atom stereocenters. The summed E-state index contributed by atoms with van der Waals surface area (Å²) in [6, 6.07) is -0.699. The van der Waals surface area contributed by atoms with E-state index in [9.17, 15) is 19.8 Å². The first-order valence-electron chi connectivity index (χ1n) is 25.9. The Labute approximate surface area is 361 Å². The van der Waals surface area contributed by atoms with Gasteiger partial charge in [-0.2, -0.15) is 0 Å². The van der Waals surface area contributed by atoms with Gasteiger partial charge in [0.15, 0.2) is 0 Å². The monoisotopic (exact) mass is 820 g/mol. The van der Waals surface area contributed by atoms with Crippen molar-refractivity contribution in [1.82, 2.24) is 5.32 Å². The van der Waals surface area contributed by atoms with Crippen molar-refractivity contribution in [3.05, 3.63) is 12.2 Å². The number of ether oxygens (including phenoxy) is 1. The first-order chi connectivity index (χ1) is 28.5. The van der Waals surface area contributed by atoms with E-state index in [0.717, 1.165) is 57.8 Å². The number of carbonyl (C=O) groups is 2. The molecule has 0 saturated heterocycles. The number of aliphatic hydroxyl groups excluding tert-OH is 2. The smallest absolute Gasteiger partial charge is 0.306 e. The predicted molar refractivity (Wildman–Crippen MR) is 250 cm³/mol. The fraction of sp³-hybridized carbons (Fsp3) is 0.923. The maximum Gasteiger partial charge on any atom is 0.306 e. The highest BCUT2D eigenvalue weighted by atomic mass is 16.5. The molecule has 0 aromatic carbocycles. The van der Waals surface area contributed by atoms with Gasteiger partial charge in [0.05, 0.1) is 25.2 Å². The molecule has 0 aliphatic heterocycles. The second kappa shape index (κ2) is 46.7. The molecule has 1 amide bonds. The highest BCUT2D eigenvalue weighted by Gasteiger charge is 2.24. The standard InChI is InChI=1S/C52H101NO5/c1-4-7-10-13-16-19-22-24-26-28-30-33-36-39-42-45-52(57)58-48(43-40-37-34-31-29-27-25-23-20-17-14-11-8-5-2)46-51(56)53-49(47-54)50(55)44-41-38-35-32-21-18-15-12-9-6-3/h27,29,48-50,54-55H,4-26,28,30-47H2,1-3H3,(H,53,56)/b29-27+. The summed E-state index contributed by atoms with van der Waals surface area (Å²) in [7, 11) is 0. The second-order valence-corrected chi connectivity index (χ2v) is 17.9. The van der Waals surface area contributed by atoms with Crippen molar-refractivity contribution in [1.29, 1.82) is 0 Å². The minimum Gasteiger partial charge on any atom is -0.462 e. The molecule has 6 nitrogen and oxygen atoms in total. The average molecular weight is 820 g/mol. The van der Waals surface area contributed by atoms with E-state index in [1.807, 2.05) is 0 Å². The molecule has 0 aromatic rings. The van der Waals surface area contributed by atoms with E-state index in [1.54, 1.807) is 0 Å². The molecule has 58 heavy (non-hydrogen) atoms. The Balaban J connectivity index is 4.55. The van der Waals surface area contributed by atoms with Crippen molar-refractivity contribution in [3.63, 3.8) is 0 Å². The fourth-order valence-electron chi connectivity index (χ4n) is 8.13. The molecule has 344 valence electrons. The van der Waals surface area contributed by atoms with E-state index in [2.05, 4.69) is 38.2 Å². The van der Waals surface area contributed by atoms with Gasteiger partial charge < -0.3 is 20.3 Å². The van der Waals surface area contributed by atoms with Crippen LogP contribution >= 0.6 is 0 Å². The molecule has 0 spiro atoms.